The van der Waals surface area contributed by atoms with Crippen molar-refractivity contribution in [2.24, 2.45) is 11.8 Å². The Kier molecular flexibility index (Phi) is 4.38. The second-order valence-electron chi connectivity index (χ2n) is 9.22. The predicted octanol–water partition coefficient (Wildman–Crippen LogP) is 3.50. The van der Waals surface area contributed by atoms with Gasteiger partial charge in [-0.15, -0.1) is 0 Å². The summed E-state index contributed by atoms with van der Waals surface area (Å²) in [6, 6.07) is 7.08. The number of nitrogens with zero attached hydrogens (tertiary/aromatic N) is 3. The van der Waals surface area contributed by atoms with Gasteiger partial charge in [0.25, 0.3) is 0 Å². The number of hydrogen-bond donors (Lipinski definition) is 3. The first-order chi connectivity index (χ1) is 14.0. The van der Waals surface area contributed by atoms with E-state index in [1.807, 2.05) is 19.2 Å². The van der Waals surface area contributed by atoms with Gasteiger partial charge in [0.05, 0.1) is 0 Å². The molecule has 7 heteroatoms. The molecule has 2 aromatic rings. The van der Waals surface area contributed by atoms with E-state index in [4.69, 9.17) is 9.97 Å². The van der Waals surface area contributed by atoms with E-state index in [9.17, 15) is 4.39 Å². The minimum absolute atomic E-state index is 0.117. The Labute approximate surface area is 171 Å². The molecule has 1 aromatic heterocycles. The monoisotopic (exact) mass is 396 g/mol. The summed E-state index contributed by atoms with van der Waals surface area (Å²) in [6.45, 7) is 7.32. The van der Waals surface area contributed by atoms with E-state index in [0.29, 0.717) is 23.8 Å². The summed E-state index contributed by atoms with van der Waals surface area (Å²) in [5, 5.41) is 10.5. The number of fused-ring (bicyclic) bond motifs is 3. The lowest BCUT2D eigenvalue weighted by atomic mass is 9.88. The largest absolute Gasteiger partial charge is 0.373 e. The highest BCUT2D eigenvalue weighted by molar-refractivity contribution is 5.75. The number of nitrogens with one attached hydrogen (secondary N) is 3. The number of aromatic nitrogens is 2. The molecule has 2 aliphatic heterocycles. The topological polar surface area (TPSA) is 65.1 Å². The lowest BCUT2D eigenvalue weighted by molar-refractivity contribution is 0.341. The number of benzene rings is 1. The zero-order chi connectivity index (χ0) is 20.2. The molecule has 1 unspecified atom stereocenters. The average molecular weight is 397 g/mol. The Morgan fingerprint density at radius 3 is 2.45 bits per heavy atom. The van der Waals surface area contributed by atoms with Crippen LogP contribution in [0.15, 0.2) is 24.3 Å². The zero-order valence-corrected chi connectivity index (χ0v) is 17.3. The van der Waals surface area contributed by atoms with Crippen molar-refractivity contribution in [1.29, 1.82) is 0 Å². The number of hydrogen-bond acceptors (Lipinski definition) is 6. The van der Waals surface area contributed by atoms with Crippen LogP contribution in [0.2, 0.25) is 0 Å². The standard InChI is InChI=1S/C22H29FN6/c1-22(2)12-29(16-8-6-15(23)7-9-16)20-17(22)19(24-3)27-21(28-20)26-18-13-4-5-14(18)11-25-10-13/h6-9,13-14,18,25H,4-5,10-12H2,1-3H3,(H2,24,26,27,28)/t13-,14+,18?. The van der Waals surface area contributed by atoms with E-state index < -0.39 is 0 Å². The molecule has 154 valence electrons. The lowest BCUT2D eigenvalue weighted by Crippen LogP contribution is -2.45. The van der Waals surface area contributed by atoms with Crippen LogP contribution in [0.4, 0.5) is 27.7 Å². The van der Waals surface area contributed by atoms with Gasteiger partial charge in [-0.05, 0) is 62.0 Å². The highest BCUT2D eigenvalue weighted by Crippen LogP contribution is 2.47. The molecular formula is C22H29FN6. The first-order valence-electron chi connectivity index (χ1n) is 10.6. The normalized spacial score (nSPS) is 27.0. The molecule has 0 amide bonds. The molecule has 3 heterocycles. The van der Waals surface area contributed by atoms with Gasteiger partial charge in [-0.3, -0.25) is 0 Å². The molecule has 1 aliphatic carbocycles. The highest BCUT2D eigenvalue weighted by Gasteiger charge is 2.42. The lowest BCUT2D eigenvalue weighted by Gasteiger charge is -2.32. The van der Waals surface area contributed by atoms with Crippen LogP contribution >= 0.6 is 0 Å². The molecule has 0 spiro atoms. The first-order valence-corrected chi connectivity index (χ1v) is 10.6. The summed E-state index contributed by atoms with van der Waals surface area (Å²) in [5.74, 6) is 3.50. The summed E-state index contributed by atoms with van der Waals surface area (Å²) in [5.41, 5.74) is 1.95. The van der Waals surface area contributed by atoms with Crippen LogP contribution in [-0.2, 0) is 5.41 Å². The zero-order valence-electron chi connectivity index (χ0n) is 17.3. The number of halogens is 1. The van der Waals surface area contributed by atoms with Crippen molar-refractivity contribution in [3.63, 3.8) is 0 Å². The van der Waals surface area contributed by atoms with Crippen molar-refractivity contribution in [3.8, 4) is 0 Å². The molecule has 3 aliphatic rings. The molecule has 5 rings (SSSR count). The summed E-state index contributed by atoms with van der Waals surface area (Å²) < 4.78 is 13.5. The van der Waals surface area contributed by atoms with E-state index in [-0.39, 0.29) is 11.2 Å². The van der Waals surface area contributed by atoms with Crippen LogP contribution in [0.25, 0.3) is 0 Å². The Balaban J connectivity index is 1.54. The molecule has 1 saturated carbocycles. The van der Waals surface area contributed by atoms with E-state index >= 15 is 0 Å². The Morgan fingerprint density at radius 1 is 1.10 bits per heavy atom. The van der Waals surface area contributed by atoms with E-state index in [1.165, 1.54) is 25.0 Å². The quantitative estimate of drug-likeness (QED) is 0.735. The maximum atomic E-state index is 13.5. The second-order valence-corrected chi connectivity index (χ2v) is 9.22. The third-order valence-electron chi connectivity index (χ3n) is 6.78. The van der Waals surface area contributed by atoms with Crippen molar-refractivity contribution in [2.45, 2.75) is 38.1 Å². The van der Waals surface area contributed by atoms with Crippen LogP contribution < -0.4 is 20.9 Å². The van der Waals surface area contributed by atoms with Crippen molar-refractivity contribution in [2.75, 3.05) is 42.2 Å². The summed E-state index contributed by atoms with van der Waals surface area (Å²) in [6.07, 6.45) is 2.52. The van der Waals surface area contributed by atoms with Gasteiger partial charge in [-0.25, -0.2) is 4.39 Å². The van der Waals surface area contributed by atoms with E-state index in [1.54, 1.807) is 0 Å². The molecular weight excluding hydrogens is 367 g/mol. The van der Waals surface area contributed by atoms with Crippen LogP contribution in [0.3, 0.4) is 0 Å². The van der Waals surface area contributed by atoms with Crippen LogP contribution in [0, 0.1) is 17.7 Å². The molecule has 1 saturated heterocycles. The molecule has 29 heavy (non-hydrogen) atoms. The van der Waals surface area contributed by atoms with Crippen molar-refractivity contribution in [3.05, 3.63) is 35.6 Å². The number of piperidine rings is 1. The minimum Gasteiger partial charge on any atom is -0.373 e. The molecule has 2 bridgehead atoms. The number of anilines is 4. The SMILES string of the molecule is CNc1nc(NC2[C@@H]3CC[C@H]2CNC3)nc2c1C(C)(C)CN2c1ccc(F)cc1. The summed E-state index contributed by atoms with van der Waals surface area (Å²) in [4.78, 5) is 12.0. The smallest absolute Gasteiger partial charge is 0.226 e. The molecule has 1 aromatic carbocycles. The van der Waals surface area contributed by atoms with Crippen molar-refractivity contribution in [1.82, 2.24) is 15.3 Å². The van der Waals surface area contributed by atoms with Gasteiger partial charge in [0.2, 0.25) is 5.95 Å². The van der Waals surface area contributed by atoms with Crippen LogP contribution in [0.5, 0.6) is 0 Å². The third-order valence-corrected chi connectivity index (χ3v) is 6.78. The molecule has 0 radical (unpaired) electrons. The Bertz CT molecular complexity index is 896. The van der Waals surface area contributed by atoms with Crippen LogP contribution in [-0.4, -0.2) is 42.7 Å². The maximum absolute atomic E-state index is 13.5. The van der Waals surface area contributed by atoms with Gasteiger partial charge in [0.15, 0.2) is 0 Å². The fraction of sp³-hybridized carbons (Fsp3) is 0.545. The van der Waals surface area contributed by atoms with Crippen molar-refractivity contribution < 1.29 is 4.39 Å². The average Bonchev–Trinajstić information content (AvgIpc) is 3.08. The Hall–Kier alpha value is -2.41. The summed E-state index contributed by atoms with van der Waals surface area (Å²) >= 11 is 0. The maximum Gasteiger partial charge on any atom is 0.226 e. The number of rotatable bonds is 4. The minimum atomic E-state index is -0.227. The molecule has 2 fully saturated rings. The predicted molar refractivity (Wildman–Crippen MR) is 115 cm³/mol. The van der Waals surface area contributed by atoms with Crippen molar-refractivity contribution >= 4 is 23.3 Å². The molecule has 3 atom stereocenters. The van der Waals surface area contributed by atoms with E-state index in [0.717, 1.165) is 42.5 Å². The van der Waals surface area contributed by atoms with Gasteiger partial charge in [0, 0.05) is 36.3 Å². The molecule has 3 N–H and O–H groups in total. The van der Waals surface area contributed by atoms with Gasteiger partial charge in [0.1, 0.15) is 17.5 Å². The van der Waals surface area contributed by atoms with Gasteiger partial charge >= 0.3 is 0 Å². The van der Waals surface area contributed by atoms with Crippen LogP contribution in [0.1, 0.15) is 32.3 Å². The Morgan fingerprint density at radius 2 is 1.79 bits per heavy atom. The van der Waals surface area contributed by atoms with E-state index in [2.05, 4.69) is 34.7 Å². The van der Waals surface area contributed by atoms with Gasteiger partial charge in [-0.1, -0.05) is 13.8 Å². The third kappa shape index (κ3) is 3.12. The molecule has 6 nitrogen and oxygen atoms in total. The fourth-order valence-corrected chi connectivity index (χ4v) is 5.37. The summed E-state index contributed by atoms with van der Waals surface area (Å²) in [7, 11) is 1.91. The fourth-order valence-electron chi connectivity index (χ4n) is 5.37. The van der Waals surface area contributed by atoms with Gasteiger partial charge < -0.3 is 20.9 Å². The second kappa shape index (κ2) is 6.83. The highest BCUT2D eigenvalue weighted by atomic mass is 19.1. The van der Waals surface area contributed by atoms with Gasteiger partial charge in [-0.2, -0.15) is 9.97 Å². The first kappa shape index (κ1) is 18.6.